The van der Waals surface area contributed by atoms with Gasteiger partial charge in [-0.1, -0.05) is 17.2 Å². The Morgan fingerprint density at radius 3 is 2.50 bits per heavy atom. The average Bonchev–Trinajstić information content (AvgIpc) is 3.09. The van der Waals surface area contributed by atoms with Gasteiger partial charge in [-0.3, -0.25) is 0 Å². The van der Waals surface area contributed by atoms with E-state index in [1.54, 1.807) is 0 Å². The molecule has 1 aromatic carbocycles. The van der Waals surface area contributed by atoms with Gasteiger partial charge in [0.25, 0.3) is 0 Å². The van der Waals surface area contributed by atoms with E-state index in [1.165, 1.54) is 12.8 Å². The molecule has 0 saturated carbocycles. The molecule has 1 aromatic heterocycles. The summed E-state index contributed by atoms with van der Waals surface area (Å²) in [6.45, 7) is 2.56. The summed E-state index contributed by atoms with van der Waals surface area (Å²) in [5.41, 5.74) is 7.60. The molecule has 0 amide bonds. The summed E-state index contributed by atoms with van der Waals surface area (Å²) in [7, 11) is 0. The highest BCUT2D eigenvalue weighted by atomic mass is 16.4. The second-order valence-electron chi connectivity index (χ2n) is 4.48. The Balaban J connectivity index is 1.82. The quantitative estimate of drug-likeness (QED) is 0.891. The molecule has 5 heteroatoms. The van der Waals surface area contributed by atoms with Crippen LogP contribution in [0.3, 0.4) is 0 Å². The van der Waals surface area contributed by atoms with Crippen molar-refractivity contribution in [3.63, 3.8) is 0 Å². The van der Waals surface area contributed by atoms with Crippen molar-refractivity contribution < 1.29 is 4.42 Å². The molecule has 0 aliphatic carbocycles. The first kappa shape index (κ1) is 11.2. The van der Waals surface area contributed by atoms with E-state index < -0.39 is 0 Å². The van der Waals surface area contributed by atoms with Crippen molar-refractivity contribution in [2.24, 2.45) is 5.73 Å². The van der Waals surface area contributed by atoms with E-state index in [0.717, 1.165) is 24.2 Å². The zero-order valence-electron chi connectivity index (χ0n) is 10.2. The number of anilines is 1. The highest BCUT2D eigenvalue weighted by molar-refractivity contribution is 5.54. The molecule has 18 heavy (non-hydrogen) atoms. The van der Waals surface area contributed by atoms with E-state index in [9.17, 15) is 0 Å². The zero-order chi connectivity index (χ0) is 12.4. The molecule has 1 aliphatic heterocycles. The molecule has 1 fully saturated rings. The van der Waals surface area contributed by atoms with Gasteiger partial charge in [0.1, 0.15) is 0 Å². The topological polar surface area (TPSA) is 68.2 Å². The molecule has 0 bridgehead atoms. The lowest BCUT2D eigenvalue weighted by atomic mass is 10.1. The standard InChI is InChI=1S/C13H16N4O/c14-9-10-3-5-11(6-4-10)12-15-16-13(18-12)17-7-1-2-8-17/h3-6H,1-2,7-9,14H2. The monoisotopic (exact) mass is 244 g/mol. The third-order valence-electron chi connectivity index (χ3n) is 3.23. The molecule has 0 atom stereocenters. The molecule has 1 saturated heterocycles. The van der Waals surface area contributed by atoms with Crippen LogP contribution in [-0.4, -0.2) is 23.3 Å². The van der Waals surface area contributed by atoms with Crippen molar-refractivity contribution in [2.45, 2.75) is 19.4 Å². The fourth-order valence-electron chi connectivity index (χ4n) is 2.15. The van der Waals surface area contributed by atoms with Crippen molar-refractivity contribution in [1.29, 1.82) is 0 Å². The maximum atomic E-state index is 5.70. The van der Waals surface area contributed by atoms with Gasteiger partial charge in [-0.25, -0.2) is 0 Å². The molecule has 2 heterocycles. The van der Waals surface area contributed by atoms with Gasteiger partial charge in [-0.05, 0) is 30.5 Å². The van der Waals surface area contributed by atoms with Crippen LogP contribution in [0, 0.1) is 0 Å². The molecule has 2 N–H and O–H groups in total. The summed E-state index contributed by atoms with van der Waals surface area (Å²) in [6.07, 6.45) is 2.39. The number of rotatable bonds is 3. The predicted molar refractivity (Wildman–Crippen MR) is 69.1 cm³/mol. The number of aromatic nitrogens is 2. The van der Waals surface area contributed by atoms with Gasteiger partial charge < -0.3 is 15.1 Å². The second kappa shape index (κ2) is 4.78. The number of nitrogens with two attached hydrogens (primary N) is 1. The Morgan fingerprint density at radius 2 is 1.83 bits per heavy atom. The van der Waals surface area contributed by atoms with Crippen LogP contribution in [0.1, 0.15) is 18.4 Å². The van der Waals surface area contributed by atoms with Crippen molar-refractivity contribution in [3.8, 4) is 11.5 Å². The van der Waals surface area contributed by atoms with Crippen LogP contribution >= 0.6 is 0 Å². The summed E-state index contributed by atoms with van der Waals surface area (Å²) in [5, 5.41) is 8.20. The van der Waals surface area contributed by atoms with Crippen LogP contribution in [0.4, 0.5) is 6.01 Å². The minimum absolute atomic E-state index is 0.545. The van der Waals surface area contributed by atoms with Crippen LogP contribution in [0.2, 0.25) is 0 Å². The summed E-state index contributed by atoms with van der Waals surface area (Å²) in [5.74, 6) is 0.570. The maximum absolute atomic E-state index is 5.70. The molecule has 2 aromatic rings. The van der Waals surface area contributed by atoms with E-state index in [4.69, 9.17) is 10.2 Å². The number of hydrogen-bond acceptors (Lipinski definition) is 5. The minimum atomic E-state index is 0.545. The first-order valence-corrected chi connectivity index (χ1v) is 6.24. The Kier molecular flexibility index (Phi) is 2.98. The van der Waals surface area contributed by atoms with E-state index in [0.29, 0.717) is 18.5 Å². The maximum Gasteiger partial charge on any atom is 0.318 e. The van der Waals surface area contributed by atoms with Crippen molar-refractivity contribution >= 4 is 6.01 Å². The molecular weight excluding hydrogens is 228 g/mol. The molecular formula is C13H16N4O. The summed E-state index contributed by atoms with van der Waals surface area (Å²) < 4.78 is 5.70. The molecule has 0 unspecified atom stereocenters. The van der Waals surface area contributed by atoms with E-state index in [2.05, 4.69) is 15.1 Å². The Hall–Kier alpha value is -1.88. The van der Waals surface area contributed by atoms with Crippen molar-refractivity contribution in [2.75, 3.05) is 18.0 Å². The molecule has 1 aliphatic rings. The number of hydrogen-bond donors (Lipinski definition) is 1. The highest BCUT2D eigenvalue weighted by Gasteiger charge is 2.18. The molecule has 0 radical (unpaired) electrons. The van der Waals surface area contributed by atoms with Gasteiger partial charge in [0, 0.05) is 25.2 Å². The van der Waals surface area contributed by atoms with Gasteiger partial charge >= 0.3 is 6.01 Å². The van der Waals surface area contributed by atoms with Crippen LogP contribution in [0.15, 0.2) is 28.7 Å². The van der Waals surface area contributed by atoms with Gasteiger partial charge in [0.05, 0.1) is 0 Å². The van der Waals surface area contributed by atoms with E-state index in [-0.39, 0.29) is 0 Å². The van der Waals surface area contributed by atoms with Crippen LogP contribution < -0.4 is 10.6 Å². The van der Waals surface area contributed by atoms with Gasteiger partial charge in [0.15, 0.2) is 0 Å². The van der Waals surface area contributed by atoms with Crippen molar-refractivity contribution in [3.05, 3.63) is 29.8 Å². The lowest BCUT2D eigenvalue weighted by Gasteiger charge is -2.09. The molecule has 94 valence electrons. The Bertz CT molecular complexity index is 514. The second-order valence-corrected chi connectivity index (χ2v) is 4.48. The molecule has 3 rings (SSSR count). The van der Waals surface area contributed by atoms with Crippen LogP contribution in [0.5, 0.6) is 0 Å². The van der Waals surface area contributed by atoms with E-state index in [1.807, 2.05) is 24.3 Å². The van der Waals surface area contributed by atoms with Crippen molar-refractivity contribution in [1.82, 2.24) is 10.2 Å². The lowest BCUT2D eigenvalue weighted by molar-refractivity contribution is 0.557. The summed E-state index contributed by atoms with van der Waals surface area (Å²) in [6, 6.07) is 8.52. The van der Waals surface area contributed by atoms with Crippen LogP contribution in [0.25, 0.3) is 11.5 Å². The molecule has 0 spiro atoms. The average molecular weight is 244 g/mol. The van der Waals surface area contributed by atoms with E-state index >= 15 is 0 Å². The fraction of sp³-hybridized carbons (Fsp3) is 0.385. The third-order valence-corrected chi connectivity index (χ3v) is 3.23. The Labute approximate surface area is 106 Å². The van der Waals surface area contributed by atoms with Crippen LogP contribution in [-0.2, 0) is 6.54 Å². The Morgan fingerprint density at radius 1 is 1.11 bits per heavy atom. The lowest BCUT2D eigenvalue weighted by Crippen LogP contribution is -2.17. The first-order valence-electron chi connectivity index (χ1n) is 6.24. The third kappa shape index (κ3) is 2.09. The first-order chi connectivity index (χ1) is 8.86. The largest absolute Gasteiger partial charge is 0.403 e. The summed E-state index contributed by atoms with van der Waals surface area (Å²) >= 11 is 0. The number of nitrogens with zero attached hydrogens (tertiary/aromatic N) is 3. The SMILES string of the molecule is NCc1ccc(-c2nnc(N3CCCC3)o2)cc1. The van der Waals surface area contributed by atoms with Gasteiger partial charge in [-0.2, -0.15) is 0 Å². The van der Waals surface area contributed by atoms with Gasteiger partial charge in [-0.15, -0.1) is 5.10 Å². The normalized spacial score (nSPS) is 15.3. The smallest absolute Gasteiger partial charge is 0.318 e. The highest BCUT2D eigenvalue weighted by Crippen LogP contribution is 2.24. The fourth-order valence-corrected chi connectivity index (χ4v) is 2.15. The summed E-state index contributed by atoms with van der Waals surface area (Å²) in [4.78, 5) is 2.13. The number of benzene rings is 1. The zero-order valence-corrected chi connectivity index (χ0v) is 10.2. The van der Waals surface area contributed by atoms with Gasteiger partial charge in [0.2, 0.25) is 5.89 Å². The minimum Gasteiger partial charge on any atom is -0.403 e. The molecule has 5 nitrogen and oxygen atoms in total. The predicted octanol–water partition coefficient (Wildman–Crippen LogP) is 1.80.